The van der Waals surface area contributed by atoms with Crippen molar-refractivity contribution < 1.29 is 0 Å². The summed E-state index contributed by atoms with van der Waals surface area (Å²) >= 11 is 0. The molecule has 0 unspecified atom stereocenters. The van der Waals surface area contributed by atoms with Gasteiger partial charge in [-0.25, -0.2) is 4.99 Å². The molecule has 0 atom stereocenters. The molecule has 0 heterocycles. The maximum absolute atomic E-state index is 4.47. The van der Waals surface area contributed by atoms with E-state index in [2.05, 4.69) is 29.7 Å². The summed E-state index contributed by atoms with van der Waals surface area (Å²) < 4.78 is 0. The Morgan fingerprint density at radius 3 is 2.05 bits per heavy atom. The summed E-state index contributed by atoms with van der Waals surface area (Å²) in [5.74, 6) is 0. The summed E-state index contributed by atoms with van der Waals surface area (Å²) in [6.07, 6.45) is 16.7. The Bertz CT molecular complexity index is 550. The summed E-state index contributed by atoms with van der Waals surface area (Å²) in [5.41, 5.74) is 2.88. The van der Waals surface area contributed by atoms with E-state index in [1.54, 1.807) is 12.3 Å². The molecule has 0 radical (unpaired) electrons. The van der Waals surface area contributed by atoms with Crippen molar-refractivity contribution in [3.63, 3.8) is 0 Å². The summed E-state index contributed by atoms with van der Waals surface area (Å²) in [6, 6.07) is 0. The van der Waals surface area contributed by atoms with Crippen LogP contribution in [0.1, 0.15) is 20.8 Å². The van der Waals surface area contributed by atoms with Gasteiger partial charge >= 0.3 is 0 Å². The minimum Gasteiger partial charge on any atom is -0.255 e. The van der Waals surface area contributed by atoms with E-state index in [0.29, 0.717) is 17.1 Å². The molecule has 0 aliphatic heterocycles. The number of rotatable bonds is 8. The number of hydrogen-bond donors (Lipinski definition) is 0. The zero-order valence-electron chi connectivity index (χ0n) is 13.2. The number of allylic oxidation sites excluding steroid dienone is 9. The Balaban J connectivity index is 5.61. The maximum atomic E-state index is 4.47. The zero-order chi connectivity index (χ0) is 16.1. The minimum absolute atomic E-state index is 0.656. The lowest BCUT2D eigenvalue weighted by molar-refractivity contribution is 1.41. The Morgan fingerprint density at radius 1 is 0.905 bits per heavy atom. The molecule has 2 heteroatoms. The van der Waals surface area contributed by atoms with E-state index in [1.165, 1.54) is 0 Å². The van der Waals surface area contributed by atoms with Crippen LogP contribution in [0.2, 0.25) is 0 Å². The molecule has 0 saturated carbocycles. The molecule has 0 aromatic carbocycles. The molecule has 21 heavy (non-hydrogen) atoms. The lowest BCUT2D eigenvalue weighted by Crippen LogP contribution is -2.03. The van der Waals surface area contributed by atoms with Crippen LogP contribution in [-0.2, 0) is 0 Å². The Hall–Kier alpha value is -2.48. The normalized spacial score (nSPS) is 13.9. The van der Waals surface area contributed by atoms with E-state index in [0.717, 1.165) is 5.57 Å². The molecule has 0 saturated heterocycles. The predicted octanol–water partition coefficient (Wildman–Crippen LogP) is 5.37. The van der Waals surface area contributed by atoms with Crippen LogP contribution in [0.4, 0.5) is 0 Å². The highest BCUT2D eigenvalue weighted by Gasteiger charge is 2.01. The predicted molar refractivity (Wildman–Crippen MR) is 96.9 cm³/mol. The molecule has 0 bridgehead atoms. The van der Waals surface area contributed by atoms with Crippen molar-refractivity contribution in [3.8, 4) is 0 Å². The molecular weight excluding hydrogens is 256 g/mol. The van der Waals surface area contributed by atoms with Crippen LogP contribution in [-0.4, -0.2) is 11.9 Å². The topological polar surface area (TPSA) is 24.7 Å². The largest absolute Gasteiger partial charge is 0.255 e. The van der Waals surface area contributed by atoms with Gasteiger partial charge in [0.15, 0.2) is 0 Å². The molecule has 0 aromatic heterocycles. The third-order valence-electron chi connectivity index (χ3n) is 2.32. The van der Waals surface area contributed by atoms with E-state index < -0.39 is 0 Å². The third-order valence-corrected chi connectivity index (χ3v) is 2.32. The second-order valence-corrected chi connectivity index (χ2v) is 4.09. The van der Waals surface area contributed by atoms with Gasteiger partial charge in [-0.3, -0.25) is 4.99 Å². The first-order valence-electron chi connectivity index (χ1n) is 6.80. The third kappa shape index (κ3) is 8.32. The summed E-state index contributed by atoms with van der Waals surface area (Å²) in [5, 5.41) is 0. The quantitative estimate of drug-likeness (QED) is 0.422. The number of hydrogen-bond acceptors (Lipinski definition) is 2. The standard InChI is InChI=1S/C19H24N2/c1-7-11-14-18(10-4)19(21-17(6)13-9-3)15-20-16(5)12-8-2/h7-15H,4-6H2,1-3H3/b11-7-,12-8-,13-9-,18-14+,20-15?,21-19?. The van der Waals surface area contributed by atoms with Crippen molar-refractivity contribution >= 4 is 11.9 Å². The first-order valence-corrected chi connectivity index (χ1v) is 6.80. The lowest BCUT2D eigenvalue weighted by Gasteiger charge is -2.02. The van der Waals surface area contributed by atoms with Gasteiger partial charge in [-0.2, -0.15) is 0 Å². The van der Waals surface area contributed by atoms with Gasteiger partial charge in [0.2, 0.25) is 0 Å². The van der Waals surface area contributed by atoms with Crippen LogP contribution < -0.4 is 0 Å². The molecular formula is C19H24N2. The van der Waals surface area contributed by atoms with Crippen LogP contribution in [0.3, 0.4) is 0 Å². The van der Waals surface area contributed by atoms with Crippen molar-refractivity contribution in [2.24, 2.45) is 9.98 Å². The van der Waals surface area contributed by atoms with Gasteiger partial charge in [0, 0.05) is 5.57 Å². The van der Waals surface area contributed by atoms with Gasteiger partial charge in [0.05, 0.1) is 23.3 Å². The maximum Gasteiger partial charge on any atom is 0.0891 e. The Morgan fingerprint density at radius 2 is 1.52 bits per heavy atom. The van der Waals surface area contributed by atoms with E-state index >= 15 is 0 Å². The van der Waals surface area contributed by atoms with Crippen molar-refractivity contribution in [2.75, 3.05) is 0 Å². The van der Waals surface area contributed by atoms with Crippen molar-refractivity contribution in [3.05, 3.63) is 85.3 Å². The van der Waals surface area contributed by atoms with E-state index in [9.17, 15) is 0 Å². The van der Waals surface area contributed by atoms with Gasteiger partial charge in [-0.1, -0.05) is 56.2 Å². The fourth-order valence-electron chi connectivity index (χ4n) is 1.39. The molecule has 0 aliphatic rings. The molecule has 0 spiro atoms. The molecule has 0 aromatic rings. The van der Waals surface area contributed by atoms with E-state index in [1.807, 2.05) is 63.3 Å². The van der Waals surface area contributed by atoms with Gasteiger partial charge in [-0.05, 0) is 32.9 Å². The zero-order valence-corrected chi connectivity index (χ0v) is 13.2. The summed E-state index contributed by atoms with van der Waals surface area (Å²) in [6.45, 7) is 17.4. The van der Waals surface area contributed by atoms with Gasteiger partial charge in [-0.15, -0.1) is 0 Å². The number of aliphatic imine (C=N–C) groups is 2. The number of nitrogens with zero attached hydrogens (tertiary/aromatic N) is 2. The van der Waals surface area contributed by atoms with Crippen LogP contribution in [0, 0.1) is 0 Å². The molecule has 0 N–H and O–H groups in total. The lowest BCUT2D eigenvalue weighted by atomic mass is 10.1. The highest BCUT2D eigenvalue weighted by Crippen LogP contribution is 2.06. The average molecular weight is 280 g/mol. The first-order chi connectivity index (χ1) is 10.1. The Labute approximate surface area is 128 Å². The second-order valence-electron chi connectivity index (χ2n) is 4.09. The average Bonchev–Trinajstić information content (AvgIpc) is 2.45. The van der Waals surface area contributed by atoms with Crippen LogP contribution in [0.15, 0.2) is 95.3 Å². The highest BCUT2D eigenvalue weighted by molar-refractivity contribution is 6.39. The molecule has 0 fully saturated rings. The van der Waals surface area contributed by atoms with Crippen LogP contribution in [0.25, 0.3) is 0 Å². The van der Waals surface area contributed by atoms with Crippen LogP contribution >= 0.6 is 0 Å². The molecule has 0 rings (SSSR count). The second kappa shape index (κ2) is 11.4. The van der Waals surface area contributed by atoms with Crippen molar-refractivity contribution in [1.29, 1.82) is 0 Å². The van der Waals surface area contributed by atoms with Gasteiger partial charge in [0.25, 0.3) is 0 Å². The van der Waals surface area contributed by atoms with Crippen LogP contribution in [0.5, 0.6) is 0 Å². The fourth-order valence-corrected chi connectivity index (χ4v) is 1.39. The molecule has 2 nitrogen and oxygen atoms in total. The smallest absolute Gasteiger partial charge is 0.0891 e. The van der Waals surface area contributed by atoms with E-state index in [4.69, 9.17) is 0 Å². The fraction of sp³-hybridized carbons (Fsp3) is 0.158. The highest BCUT2D eigenvalue weighted by atomic mass is 14.8. The first kappa shape index (κ1) is 18.5. The minimum atomic E-state index is 0.656. The van der Waals surface area contributed by atoms with Gasteiger partial charge < -0.3 is 0 Å². The van der Waals surface area contributed by atoms with Crippen molar-refractivity contribution in [1.82, 2.24) is 0 Å². The monoisotopic (exact) mass is 280 g/mol. The van der Waals surface area contributed by atoms with Crippen molar-refractivity contribution in [2.45, 2.75) is 20.8 Å². The summed E-state index contributed by atoms with van der Waals surface area (Å²) in [4.78, 5) is 8.76. The summed E-state index contributed by atoms with van der Waals surface area (Å²) in [7, 11) is 0. The molecule has 110 valence electrons. The molecule has 0 amide bonds. The SMILES string of the molecule is C=C/C(=C\C=C/C)C(C=NC(=C)/C=C\C)=NC(=C)/C=C\C. The van der Waals surface area contributed by atoms with Gasteiger partial charge in [0.1, 0.15) is 0 Å². The Kier molecular flexibility index (Phi) is 10.0. The molecule has 0 aliphatic carbocycles. The van der Waals surface area contributed by atoms with E-state index in [-0.39, 0.29) is 0 Å².